The molecular formula is C24H33N7O6S3. The summed E-state index contributed by atoms with van der Waals surface area (Å²) in [6.45, 7) is 7.28. The molecule has 16 heteroatoms. The van der Waals surface area contributed by atoms with E-state index in [2.05, 4.69) is 26.4 Å². The number of rotatable bonds is 8. The fraction of sp³-hybridized carbons (Fsp3) is 0.542. The molecule has 0 spiro atoms. The van der Waals surface area contributed by atoms with Gasteiger partial charge >= 0.3 is 0 Å². The van der Waals surface area contributed by atoms with Crippen molar-refractivity contribution in [3.8, 4) is 17.1 Å². The van der Waals surface area contributed by atoms with Gasteiger partial charge in [-0.25, -0.2) is 31.8 Å². The summed E-state index contributed by atoms with van der Waals surface area (Å²) in [5, 5.41) is 0. The van der Waals surface area contributed by atoms with Gasteiger partial charge in [0.15, 0.2) is 0 Å². The lowest BCUT2D eigenvalue weighted by atomic mass is 10.1. The molecule has 0 aliphatic carbocycles. The van der Waals surface area contributed by atoms with E-state index in [1.54, 1.807) is 23.6 Å². The molecule has 3 aromatic heterocycles. The first-order valence-corrected chi connectivity index (χ1v) is 17.3. The lowest BCUT2D eigenvalue weighted by molar-refractivity contribution is 0.122. The Hall–Kier alpha value is -2.63. The van der Waals surface area contributed by atoms with Gasteiger partial charge in [0.05, 0.1) is 48.7 Å². The van der Waals surface area contributed by atoms with Gasteiger partial charge in [-0.15, -0.1) is 11.3 Å². The topological polar surface area (TPSA) is 147 Å². The molecule has 13 nitrogen and oxygen atoms in total. The minimum Gasteiger partial charge on any atom is -0.480 e. The van der Waals surface area contributed by atoms with E-state index < -0.39 is 20.0 Å². The Morgan fingerprint density at radius 2 is 1.75 bits per heavy atom. The van der Waals surface area contributed by atoms with Crippen LogP contribution in [0.15, 0.2) is 12.3 Å². The number of anilines is 2. The average molecular weight is 612 g/mol. The molecule has 0 amide bonds. The molecule has 0 saturated carbocycles. The summed E-state index contributed by atoms with van der Waals surface area (Å²) in [6, 6.07) is 1.68. The number of aromatic nitrogens is 3. The van der Waals surface area contributed by atoms with Crippen molar-refractivity contribution in [3.63, 3.8) is 0 Å². The van der Waals surface area contributed by atoms with Gasteiger partial charge in [0.25, 0.3) is 0 Å². The predicted molar refractivity (Wildman–Crippen MR) is 155 cm³/mol. The van der Waals surface area contributed by atoms with Crippen LogP contribution in [-0.4, -0.2) is 113 Å². The van der Waals surface area contributed by atoms with E-state index >= 15 is 0 Å². The lowest BCUT2D eigenvalue weighted by Gasteiger charge is -2.33. The highest BCUT2D eigenvalue weighted by Crippen LogP contribution is 2.39. The number of hydrogen-bond acceptors (Lipinski definition) is 12. The Morgan fingerprint density at radius 3 is 2.38 bits per heavy atom. The van der Waals surface area contributed by atoms with Crippen LogP contribution in [-0.2, 0) is 31.3 Å². The fourth-order valence-corrected chi connectivity index (χ4v) is 7.36. The smallest absolute Gasteiger partial charge is 0.238 e. The van der Waals surface area contributed by atoms with E-state index in [0.717, 1.165) is 26.9 Å². The lowest BCUT2D eigenvalue weighted by Crippen LogP contribution is -2.47. The molecule has 0 radical (unpaired) electrons. The molecule has 5 rings (SSSR count). The van der Waals surface area contributed by atoms with E-state index in [1.165, 1.54) is 17.7 Å². The van der Waals surface area contributed by atoms with E-state index in [-0.39, 0.29) is 11.6 Å². The number of nitrogens with zero attached hydrogens (tertiary/aromatic N) is 6. The number of piperazine rings is 1. The second-order valence-electron chi connectivity index (χ2n) is 9.88. The molecule has 1 N–H and O–H groups in total. The molecule has 2 aliphatic rings. The molecular weight excluding hydrogens is 579 g/mol. The maximum absolute atomic E-state index is 12.0. The SMILES string of the molecule is COc1ncc(-c2nc(N3CCOCC3)nc3c(CN4CCN(S(C)(=O)=O)CC4)c(C)sc23)cc1NS(C)(=O)=O. The fourth-order valence-electron chi connectivity index (χ4n) is 4.87. The quantitative estimate of drug-likeness (QED) is 0.394. The number of fused-ring (bicyclic) bond motifs is 1. The van der Waals surface area contributed by atoms with Crippen molar-refractivity contribution in [2.75, 3.05) is 81.7 Å². The van der Waals surface area contributed by atoms with Crippen molar-refractivity contribution >= 4 is 53.2 Å². The minimum absolute atomic E-state index is 0.157. The molecule has 2 fully saturated rings. The van der Waals surface area contributed by atoms with Crippen molar-refractivity contribution < 1.29 is 26.3 Å². The second kappa shape index (κ2) is 11.3. The number of nitrogens with one attached hydrogen (secondary N) is 1. The summed E-state index contributed by atoms with van der Waals surface area (Å²) in [7, 11) is -5.36. The van der Waals surface area contributed by atoms with Crippen molar-refractivity contribution in [3.05, 3.63) is 22.7 Å². The standard InChI is InChI=1S/C24H33N7O6S3/c1-16-18(15-29-5-7-31(8-6-29)40(4,34)35)21-22(38-16)20(26-24(27-21)30-9-11-37-12-10-30)17-13-19(28-39(3,32)33)23(36-2)25-14-17/h13-14,28H,5-12,15H2,1-4H3. The van der Waals surface area contributed by atoms with Gasteiger partial charge in [-0.2, -0.15) is 4.31 Å². The number of thiophene rings is 1. The molecule has 0 atom stereocenters. The monoisotopic (exact) mass is 611 g/mol. The Balaban J connectivity index is 1.58. The van der Waals surface area contributed by atoms with E-state index in [9.17, 15) is 16.8 Å². The van der Waals surface area contributed by atoms with Crippen LogP contribution in [0.5, 0.6) is 5.88 Å². The molecule has 40 heavy (non-hydrogen) atoms. The minimum atomic E-state index is -3.58. The highest BCUT2D eigenvalue weighted by Gasteiger charge is 2.27. The van der Waals surface area contributed by atoms with Gasteiger partial charge in [-0.05, 0) is 13.0 Å². The van der Waals surface area contributed by atoms with Gasteiger partial charge in [-0.3, -0.25) is 9.62 Å². The molecule has 2 saturated heterocycles. The summed E-state index contributed by atoms with van der Waals surface area (Å²) in [6.07, 6.45) is 3.94. The summed E-state index contributed by atoms with van der Waals surface area (Å²) >= 11 is 1.58. The van der Waals surface area contributed by atoms with Crippen LogP contribution >= 0.6 is 11.3 Å². The molecule has 0 bridgehead atoms. The summed E-state index contributed by atoms with van der Waals surface area (Å²) in [4.78, 5) is 19.7. The van der Waals surface area contributed by atoms with Crippen LogP contribution in [0.1, 0.15) is 10.4 Å². The van der Waals surface area contributed by atoms with Gasteiger partial charge in [0.2, 0.25) is 31.9 Å². The average Bonchev–Trinajstić information content (AvgIpc) is 3.22. The molecule has 5 heterocycles. The third-order valence-electron chi connectivity index (χ3n) is 6.91. The third kappa shape index (κ3) is 6.31. The van der Waals surface area contributed by atoms with Crippen LogP contribution in [0.2, 0.25) is 0 Å². The zero-order chi connectivity index (χ0) is 28.7. The molecule has 0 unspecified atom stereocenters. The Bertz CT molecular complexity index is 1610. The van der Waals surface area contributed by atoms with Crippen molar-refractivity contribution in [1.29, 1.82) is 0 Å². The van der Waals surface area contributed by atoms with Crippen LogP contribution < -0.4 is 14.4 Å². The van der Waals surface area contributed by atoms with Crippen LogP contribution in [0.25, 0.3) is 21.5 Å². The van der Waals surface area contributed by atoms with Gasteiger partial charge in [0, 0.05) is 68.0 Å². The maximum atomic E-state index is 12.0. The van der Waals surface area contributed by atoms with Crippen molar-refractivity contribution in [2.45, 2.75) is 13.5 Å². The van der Waals surface area contributed by atoms with E-state index in [1.807, 2.05) is 0 Å². The second-order valence-corrected chi connectivity index (χ2v) is 14.8. The highest BCUT2D eigenvalue weighted by molar-refractivity contribution is 7.92. The summed E-state index contributed by atoms with van der Waals surface area (Å²) in [5.41, 5.74) is 3.40. The molecule has 2 aliphatic heterocycles. The van der Waals surface area contributed by atoms with Crippen LogP contribution in [0.4, 0.5) is 11.6 Å². The number of aryl methyl sites for hydroxylation is 1. The Morgan fingerprint density at radius 1 is 1.05 bits per heavy atom. The largest absolute Gasteiger partial charge is 0.480 e. The summed E-state index contributed by atoms with van der Waals surface area (Å²) < 4.78 is 63.7. The highest BCUT2D eigenvalue weighted by atomic mass is 32.2. The predicted octanol–water partition coefficient (Wildman–Crippen LogP) is 1.36. The zero-order valence-electron chi connectivity index (χ0n) is 22.9. The van der Waals surface area contributed by atoms with Crippen molar-refractivity contribution in [2.24, 2.45) is 0 Å². The molecule has 0 aromatic carbocycles. The van der Waals surface area contributed by atoms with E-state index in [0.29, 0.717) is 76.2 Å². The number of morpholine rings is 1. The number of methoxy groups -OCH3 is 1. The number of sulfonamides is 2. The van der Waals surface area contributed by atoms with Crippen LogP contribution in [0, 0.1) is 6.92 Å². The Labute approximate surface area is 238 Å². The first-order valence-electron chi connectivity index (χ1n) is 12.8. The molecule has 218 valence electrons. The first-order chi connectivity index (χ1) is 18.9. The normalized spacial score (nSPS) is 17.9. The molecule has 3 aromatic rings. The van der Waals surface area contributed by atoms with Crippen molar-refractivity contribution in [1.82, 2.24) is 24.2 Å². The van der Waals surface area contributed by atoms with Gasteiger partial charge < -0.3 is 14.4 Å². The number of pyridine rings is 1. The first kappa shape index (κ1) is 28.9. The summed E-state index contributed by atoms with van der Waals surface area (Å²) in [5.74, 6) is 0.726. The maximum Gasteiger partial charge on any atom is 0.238 e. The Kier molecular flexibility index (Phi) is 8.18. The third-order valence-corrected chi connectivity index (χ3v) is 9.95. The van der Waals surface area contributed by atoms with Gasteiger partial charge in [0.1, 0.15) is 5.69 Å². The number of hydrogen-bond donors (Lipinski definition) is 1. The van der Waals surface area contributed by atoms with E-state index in [4.69, 9.17) is 19.4 Å². The van der Waals surface area contributed by atoms with Gasteiger partial charge in [-0.1, -0.05) is 0 Å². The van der Waals surface area contributed by atoms with Crippen LogP contribution in [0.3, 0.4) is 0 Å². The number of ether oxygens (including phenoxy) is 2. The zero-order valence-corrected chi connectivity index (χ0v) is 25.3.